The minimum atomic E-state index is -0.312. The highest BCUT2D eigenvalue weighted by atomic mass is 16.3. The van der Waals surface area contributed by atoms with Gasteiger partial charge in [0.1, 0.15) is 11.6 Å². The second-order valence-electron chi connectivity index (χ2n) is 17.4. The Kier molecular flexibility index (Phi) is 9.44. The number of nitrogens with zero attached hydrogens (tertiary/aromatic N) is 4. The molecule has 6 aromatic carbocycles. The number of phenols is 1. The molecule has 8 rings (SSSR count). The molecule has 0 amide bonds. The van der Waals surface area contributed by atoms with Crippen LogP contribution in [0.5, 0.6) is 5.75 Å². The first-order chi connectivity index (χ1) is 27.2. The Labute approximate surface area is 336 Å². The summed E-state index contributed by atoms with van der Waals surface area (Å²) in [5, 5.41) is 21.2. The molecule has 57 heavy (non-hydrogen) atoms. The van der Waals surface area contributed by atoms with Crippen molar-refractivity contribution in [2.75, 3.05) is 0 Å². The quantitative estimate of drug-likeness (QED) is 0.184. The molecular weight excluding hydrogens is 697 g/mol. The van der Waals surface area contributed by atoms with Gasteiger partial charge in [0.15, 0.2) is 0 Å². The molecule has 0 fully saturated rings. The van der Waals surface area contributed by atoms with E-state index in [2.05, 4.69) is 186 Å². The van der Waals surface area contributed by atoms with Crippen LogP contribution in [0.2, 0.25) is 0 Å². The number of hydrogen-bond donors (Lipinski definition) is 1. The maximum absolute atomic E-state index is 12.4. The Morgan fingerprint density at radius 2 is 1.23 bits per heavy atom. The number of hydrogen-bond acceptors (Lipinski definition) is 4. The average Bonchev–Trinajstić information content (AvgIpc) is 3.57. The second kappa shape index (κ2) is 14.3. The molecule has 1 N–H and O–H groups in total. The summed E-state index contributed by atoms with van der Waals surface area (Å²) in [7, 11) is 0. The maximum Gasteiger partial charge on any atom is 0.149 e. The van der Waals surface area contributed by atoms with Crippen molar-refractivity contribution in [3.8, 4) is 67.5 Å². The number of rotatable bonds is 6. The topological polar surface area (TPSA) is 63.8 Å². The highest BCUT2D eigenvalue weighted by Gasteiger charge is 2.29. The lowest BCUT2D eigenvalue weighted by molar-refractivity contribution is 0.446. The summed E-state index contributed by atoms with van der Waals surface area (Å²) in [4.78, 5) is 5.60. The van der Waals surface area contributed by atoms with E-state index in [0.717, 1.165) is 66.9 Å². The van der Waals surface area contributed by atoms with Gasteiger partial charge in [0.25, 0.3) is 0 Å². The van der Waals surface area contributed by atoms with Gasteiger partial charge >= 0.3 is 0 Å². The molecule has 0 atom stereocenters. The van der Waals surface area contributed by atoms with Crippen molar-refractivity contribution in [1.82, 2.24) is 19.7 Å². The first-order valence-corrected chi connectivity index (χ1v) is 19.8. The van der Waals surface area contributed by atoms with Crippen molar-refractivity contribution in [3.05, 3.63) is 161 Å². The molecule has 284 valence electrons. The number of para-hydroxylation sites is 2. The van der Waals surface area contributed by atoms with Crippen LogP contribution in [0.15, 0.2) is 134 Å². The van der Waals surface area contributed by atoms with Crippen molar-refractivity contribution in [2.24, 2.45) is 0 Å². The molecule has 0 aliphatic rings. The smallest absolute Gasteiger partial charge is 0.149 e. The van der Waals surface area contributed by atoms with Crippen molar-refractivity contribution in [2.45, 2.75) is 73.1 Å². The van der Waals surface area contributed by atoms with Crippen LogP contribution in [-0.4, -0.2) is 24.9 Å². The standard InChI is InChI=1S/C52H50N4O/c1-32-25-33(2)47(34(3)26-32)38-28-36(27-37(29-38)44-21-16-24-53-55-44)41-20-15-23-46-48(41)54-50(42-30-39(51(4,5)6)31-43(49(42)57)52(7,8)9)56(46)45-22-14-13-19-40(45)35-17-11-10-12-18-35/h10-31,57H,1-9H3. The van der Waals surface area contributed by atoms with Gasteiger partial charge in [0, 0.05) is 28.5 Å². The van der Waals surface area contributed by atoms with Gasteiger partial charge in [-0.25, -0.2) is 4.98 Å². The fraction of sp³-hybridized carbons (Fsp3) is 0.212. The van der Waals surface area contributed by atoms with Crippen LogP contribution in [0.25, 0.3) is 72.7 Å². The number of fused-ring (bicyclic) bond motifs is 1. The largest absolute Gasteiger partial charge is 0.507 e. The van der Waals surface area contributed by atoms with Crippen LogP contribution in [0.3, 0.4) is 0 Å². The van der Waals surface area contributed by atoms with E-state index in [0.29, 0.717) is 11.4 Å². The van der Waals surface area contributed by atoms with E-state index < -0.39 is 0 Å². The molecule has 5 nitrogen and oxygen atoms in total. The lowest BCUT2D eigenvalue weighted by Crippen LogP contribution is -2.17. The van der Waals surface area contributed by atoms with Crippen LogP contribution in [0.1, 0.15) is 69.4 Å². The minimum Gasteiger partial charge on any atom is -0.507 e. The van der Waals surface area contributed by atoms with Gasteiger partial charge in [0.2, 0.25) is 0 Å². The van der Waals surface area contributed by atoms with E-state index in [4.69, 9.17) is 4.98 Å². The van der Waals surface area contributed by atoms with Gasteiger partial charge < -0.3 is 5.11 Å². The van der Waals surface area contributed by atoms with E-state index in [9.17, 15) is 5.11 Å². The van der Waals surface area contributed by atoms with Gasteiger partial charge in [-0.05, 0) is 119 Å². The number of aromatic nitrogens is 4. The molecule has 0 saturated carbocycles. The Hall–Kier alpha value is -6.33. The Morgan fingerprint density at radius 1 is 0.561 bits per heavy atom. The van der Waals surface area contributed by atoms with Gasteiger partial charge in [-0.3, -0.25) is 4.57 Å². The van der Waals surface area contributed by atoms with E-state index in [1.165, 1.54) is 22.3 Å². The third kappa shape index (κ3) is 7.03. The molecule has 0 bridgehead atoms. The zero-order valence-electron chi connectivity index (χ0n) is 34.4. The number of benzene rings is 6. The molecule has 0 spiro atoms. The summed E-state index contributed by atoms with van der Waals surface area (Å²) in [5.74, 6) is 0.938. The van der Waals surface area contributed by atoms with E-state index in [1.807, 2.05) is 18.2 Å². The van der Waals surface area contributed by atoms with Crippen LogP contribution in [-0.2, 0) is 10.8 Å². The Balaban J connectivity index is 1.48. The summed E-state index contributed by atoms with van der Waals surface area (Å²) >= 11 is 0. The fourth-order valence-electron chi connectivity index (χ4n) is 8.26. The number of aryl methyl sites for hydroxylation is 3. The molecule has 0 radical (unpaired) electrons. The third-order valence-corrected chi connectivity index (χ3v) is 11.0. The first-order valence-electron chi connectivity index (χ1n) is 19.8. The normalized spacial score (nSPS) is 12.0. The van der Waals surface area contributed by atoms with Crippen molar-refractivity contribution in [1.29, 1.82) is 0 Å². The van der Waals surface area contributed by atoms with Gasteiger partial charge in [-0.2, -0.15) is 10.2 Å². The van der Waals surface area contributed by atoms with Gasteiger partial charge in [0.05, 0.1) is 28.0 Å². The molecule has 0 saturated heterocycles. The zero-order chi connectivity index (χ0) is 40.2. The highest BCUT2D eigenvalue weighted by Crippen LogP contribution is 2.46. The Morgan fingerprint density at radius 3 is 1.91 bits per heavy atom. The van der Waals surface area contributed by atoms with E-state index >= 15 is 0 Å². The molecule has 2 aromatic heterocycles. The maximum atomic E-state index is 12.4. The zero-order valence-corrected chi connectivity index (χ0v) is 34.4. The summed E-state index contributed by atoms with van der Waals surface area (Å²) in [6.07, 6.45) is 1.71. The minimum absolute atomic E-state index is 0.171. The lowest BCUT2D eigenvalue weighted by atomic mass is 9.79. The molecule has 0 aliphatic carbocycles. The van der Waals surface area contributed by atoms with Crippen molar-refractivity contribution < 1.29 is 5.11 Å². The number of phenolic OH excluding ortho intramolecular Hbond substituents is 1. The monoisotopic (exact) mass is 746 g/mol. The fourth-order valence-corrected chi connectivity index (χ4v) is 8.26. The van der Waals surface area contributed by atoms with Crippen LogP contribution >= 0.6 is 0 Å². The van der Waals surface area contributed by atoms with Crippen LogP contribution in [0, 0.1) is 20.8 Å². The first kappa shape index (κ1) is 37.6. The molecular formula is C52H50N4O. The highest BCUT2D eigenvalue weighted by molar-refractivity contribution is 5.98. The van der Waals surface area contributed by atoms with Crippen molar-refractivity contribution >= 4 is 11.0 Å². The predicted octanol–water partition coefficient (Wildman–Crippen LogP) is 13.4. The molecule has 0 unspecified atom stereocenters. The summed E-state index contributed by atoms with van der Waals surface area (Å²) in [5.41, 5.74) is 17.0. The van der Waals surface area contributed by atoms with Crippen LogP contribution < -0.4 is 0 Å². The number of imidazole rings is 1. The summed E-state index contributed by atoms with van der Waals surface area (Å²) in [6, 6.07) is 44.9. The lowest BCUT2D eigenvalue weighted by Gasteiger charge is -2.27. The van der Waals surface area contributed by atoms with E-state index in [-0.39, 0.29) is 16.6 Å². The average molecular weight is 747 g/mol. The SMILES string of the molecule is Cc1cc(C)c(-c2cc(-c3cccnn3)cc(-c3cccc4c3nc(-c3cc(C(C)(C)C)cc(C(C)(C)C)c3O)n4-c3ccccc3-c3ccccc3)c2)c(C)c1. The summed E-state index contributed by atoms with van der Waals surface area (Å²) in [6.45, 7) is 19.7. The number of aromatic hydroxyl groups is 1. The molecule has 8 aromatic rings. The van der Waals surface area contributed by atoms with Gasteiger partial charge in [-0.15, -0.1) is 0 Å². The van der Waals surface area contributed by atoms with Crippen molar-refractivity contribution in [3.63, 3.8) is 0 Å². The van der Waals surface area contributed by atoms with Gasteiger partial charge in [-0.1, -0.05) is 126 Å². The molecule has 2 heterocycles. The van der Waals surface area contributed by atoms with E-state index in [1.54, 1.807) is 6.20 Å². The molecule has 5 heteroatoms. The third-order valence-electron chi connectivity index (χ3n) is 11.0. The second-order valence-corrected chi connectivity index (χ2v) is 17.4. The molecule has 0 aliphatic heterocycles. The van der Waals surface area contributed by atoms with Crippen LogP contribution in [0.4, 0.5) is 0 Å². The summed E-state index contributed by atoms with van der Waals surface area (Å²) < 4.78 is 2.25. The Bertz CT molecular complexity index is 2760. The predicted molar refractivity (Wildman–Crippen MR) is 237 cm³/mol.